The first-order valence-electron chi connectivity index (χ1n) is 2.88. The minimum Gasteiger partial charge on any atom is -0.292 e. The first-order chi connectivity index (χ1) is 4.06. The molecule has 0 radical (unpaired) electrons. The van der Waals surface area contributed by atoms with Gasteiger partial charge in [-0.3, -0.25) is 4.84 Å². The van der Waals surface area contributed by atoms with Crippen LogP contribution in [-0.4, -0.2) is 14.7 Å². The summed E-state index contributed by atoms with van der Waals surface area (Å²) >= 11 is 0. The Morgan fingerprint density at radius 2 is 2.00 bits per heavy atom. The molecule has 0 aliphatic carbocycles. The second-order valence-corrected chi connectivity index (χ2v) is 7.61. The molecule has 0 saturated carbocycles. The van der Waals surface area contributed by atoms with Crippen LogP contribution < -0.4 is 5.90 Å². The third-order valence-electron chi connectivity index (χ3n) is 0.619. The summed E-state index contributed by atoms with van der Waals surface area (Å²) in [6.07, 6.45) is 0. The Balaban J connectivity index is 3.59. The average Bonchev–Trinajstić information content (AvgIpc) is 1.63. The molecule has 0 unspecified atom stereocenters. The minimum atomic E-state index is -1.19. The molecule has 0 saturated heterocycles. The van der Waals surface area contributed by atoms with Crippen molar-refractivity contribution in [2.75, 3.05) is 6.61 Å². The first-order valence-corrected chi connectivity index (χ1v) is 6.38. The predicted molar refractivity (Wildman–Crippen MR) is 41.3 cm³/mol. The van der Waals surface area contributed by atoms with Crippen LogP contribution in [0.2, 0.25) is 19.6 Å². The summed E-state index contributed by atoms with van der Waals surface area (Å²) < 4.78 is 0. The summed E-state index contributed by atoms with van der Waals surface area (Å²) in [5, 5.41) is 0. The van der Waals surface area contributed by atoms with Crippen LogP contribution in [-0.2, 0) is 4.84 Å². The molecule has 0 aromatic rings. The predicted octanol–water partition coefficient (Wildman–Crippen LogP) is 0.757. The van der Waals surface area contributed by atoms with E-state index in [1.54, 1.807) is 0 Å². The van der Waals surface area contributed by atoms with E-state index >= 15 is 0 Å². The second kappa shape index (κ2) is 3.67. The van der Waals surface area contributed by atoms with Gasteiger partial charge in [0.05, 0.1) is 0 Å². The van der Waals surface area contributed by atoms with Crippen LogP contribution >= 0.6 is 0 Å². The van der Waals surface area contributed by atoms with E-state index in [1.807, 2.05) is 0 Å². The first kappa shape index (κ1) is 8.70. The fraction of sp³-hybridized carbons (Fsp3) is 0.667. The van der Waals surface area contributed by atoms with Gasteiger partial charge in [0, 0.05) is 0 Å². The third-order valence-corrected chi connectivity index (χ3v) is 1.55. The molecular formula is C6H13NOSi. The molecule has 2 nitrogen and oxygen atoms in total. The molecule has 0 rings (SSSR count). The quantitative estimate of drug-likeness (QED) is 0.334. The Bertz CT molecular complexity index is 128. The SMILES string of the molecule is C[Si](C)(C)C#CCON. The summed E-state index contributed by atoms with van der Waals surface area (Å²) in [6.45, 7) is 6.88. The molecule has 0 aliphatic rings. The van der Waals surface area contributed by atoms with E-state index in [0.29, 0.717) is 6.61 Å². The van der Waals surface area contributed by atoms with Gasteiger partial charge in [-0.25, -0.2) is 5.90 Å². The highest BCUT2D eigenvalue weighted by molar-refractivity contribution is 6.83. The van der Waals surface area contributed by atoms with Gasteiger partial charge >= 0.3 is 0 Å². The lowest BCUT2D eigenvalue weighted by Crippen LogP contribution is -2.16. The van der Waals surface area contributed by atoms with Gasteiger partial charge in [-0.15, -0.1) is 5.54 Å². The van der Waals surface area contributed by atoms with E-state index in [9.17, 15) is 0 Å². The minimum absolute atomic E-state index is 0.351. The maximum atomic E-state index is 4.77. The molecule has 0 heterocycles. The smallest absolute Gasteiger partial charge is 0.129 e. The fourth-order valence-corrected chi connectivity index (χ4v) is 0.945. The van der Waals surface area contributed by atoms with Crippen LogP contribution in [0.15, 0.2) is 0 Å². The molecule has 0 fully saturated rings. The topological polar surface area (TPSA) is 35.2 Å². The van der Waals surface area contributed by atoms with Crippen molar-refractivity contribution in [1.82, 2.24) is 0 Å². The zero-order chi connectivity index (χ0) is 7.33. The third kappa shape index (κ3) is 7.70. The standard InChI is InChI=1S/C6H13NOSi/c1-9(2,3)6-4-5-8-7/h5,7H2,1-3H3. The second-order valence-electron chi connectivity index (χ2n) is 2.86. The molecular weight excluding hydrogens is 130 g/mol. The Labute approximate surface area is 57.4 Å². The van der Waals surface area contributed by atoms with Gasteiger partial charge in [0.25, 0.3) is 0 Å². The molecule has 0 aromatic heterocycles. The van der Waals surface area contributed by atoms with Crippen molar-refractivity contribution < 1.29 is 4.84 Å². The number of hydrogen-bond acceptors (Lipinski definition) is 2. The van der Waals surface area contributed by atoms with E-state index in [-0.39, 0.29) is 0 Å². The Hall–Kier alpha value is -0.303. The summed E-state index contributed by atoms with van der Waals surface area (Å²) in [6, 6.07) is 0. The van der Waals surface area contributed by atoms with Crippen molar-refractivity contribution in [3.63, 3.8) is 0 Å². The molecule has 52 valence electrons. The lowest BCUT2D eigenvalue weighted by atomic mass is 10.8. The van der Waals surface area contributed by atoms with Gasteiger partial charge in [-0.05, 0) is 0 Å². The van der Waals surface area contributed by atoms with E-state index in [4.69, 9.17) is 5.90 Å². The van der Waals surface area contributed by atoms with Gasteiger partial charge in [0.1, 0.15) is 14.7 Å². The van der Waals surface area contributed by atoms with Crippen LogP contribution in [0.1, 0.15) is 0 Å². The fourth-order valence-electron chi connectivity index (χ4n) is 0.343. The Morgan fingerprint density at radius 1 is 1.44 bits per heavy atom. The zero-order valence-corrected chi connectivity index (χ0v) is 7.19. The van der Waals surface area contributed by atoms with Gasteiger partial charge in [0.2, 0.25) is 0 Å². The van der Waals surface area contributed by atoms with Gasteiger partial charge < -0.3 is 0 Å². The highest BCUT2D eigenvalue weighted by atomic mass is 28.3. The summed E-state index contributed by atoms with van der Waals surface area (Å²) in [5.41, 5.74) is 3.11. The van der Waals surface area contributed by atoms with Gasteiger partial charge in [-0.1, -0.05) is 25.6 Å². The highest BCUT2D eigenvalue weighted by Gasteiger charge is 2.06. The molecule has 0 spiro atoms. The molecule has 0 aliphatic heterocycles. The normalized spacial score (nSPS) is 10.2. The molecule has 3 heteroatoms. The number of hydrogen-bond donors (Lipinski definition) is 1. The molecule has 0 aromatic carbocycles. The Kier molecular flexibility index (Phi) is 3.55. The highest BCUT2D eigenvalue weighted by Crippen LogP contribution is 1.95. The van der Waals surface area contributed by atoms with Gasteiger partial charge in [0.15, 0.2) is 0 Å². The molecule has 0 bridgehead atoms. The monoisotopic (exact) mass is 143 g/mol. The van der Waals surface area contributed by atoms with Crippen molar-refractivity contribution in [1.29, 1.82) is 0 Å². The molecule has 0 amide bonds. The average molecular weight is 143 g/mol. The molecule has 2 N–H and O–H groups in total. The molecule has 9 heavy (non-hydrogen) atoms. The Morgan fingerprint density at radius 3 is 2.33 bits per heavy atom. The summed E-state index contributed by atoms with van der Waals surface area (Å²) in [7, 11) is -1.19. The van der Waals surface area contributed by atoms with Crippen molar-refractivity contribution in [2.24, 2.45) is 5.90 Å². The van der Waals surface area contributed by atoms with Crippen LogP contribution in [0.5, 0.6) is 0 Å². The zero-order valence-electron chi connectivity index (χ0n) is 6.19. The van der Waals surface area contributed by atoms with Crippen LogP contribution in [0, 0.1) is 11.5 Å². The van der Waals surface area contributed by atoms with Crippen LogP contribution in [0.3, 0.4) is 0 Å². The van der Waals surface area contributed by atoms with Crippen molar-refractivity contribution >= 4 is 8.07 Å². The van der Waals surface area contributed by atoms with Crippen molar-refractivity contribution in [3.05, 3.63) is 0 Å². The number of rotatable bonds is 1. The van der Waals surface area contributed by atoms with Crippen molar-refractivity contribution in [2.45, 2.75) is 19.6 Å². The van der Waals surface area contributed by atoms with E-state index in [1.165, 1.54) is 0 Å². The lowest BCUT2D eigenvalue weighted by Gasteiger charge is -2.02. The summed E-state index contributed by atoms with van der Waals surface area (Å²) in [4.78, 5) is 4.29. The maximum absolute atomic E-state index is 4.77. The van der Waals surface area contributed by atoms with Crippen molar-refractivity contribution in [3.8, 4) is 11.5 Å². The largest absolute Gasteiger partial charge is 0.292 e. The number of nitrogens with two attached hydrogens (primary N) is 1. The van der Waals surface area contributed by atoms with E-state index < -0.39 is 8.07 Å². The van der Waals surface area contributed by atoms with Crippen LogP contribution in [0.4, 0.5) is 0 Å². The van der Waals surface area contributed by atoms with E-state index in [2.05, 4.69) is 35.9 Å². The van der Waals surface area contributed by atoms with Gasteiger partial charge in [-0.2, -0.15) is 0 Å². The van der Waals surface area contributed by atoms with Crippen LogP contribution in [0.25, 0.3) is 0 Å². The van der Waals surface area contributed by atoms with E-state index in [0.717, 1.165) is 0 Å². The lowest BCUT2D eigenvalue weighted by molar-refractivity contribution is 0.173. The summed E-state index contributed by atoms with van der Waals surface area (Å²) in [5.74, 6) is 7.61. The maximum Gasteiger partial charge on any atom is 0.129 e. The molecule has 0 atom stereocenters.